The maximum Gasteiger partial charge on any atom is 0.152 e. The van der Waals surface area contributed by atoms with Crippen LogP contribution in [0.3, 0.4) is 0 Å². The first-order valence-corrected chi connectivity index (χ1v) is 5.70. The number of aromatic nitrogens is 3. The lowest BCUT2D eigenvalue weighted by Crippen LogP contribution is -2.20. The van der Waals surface area contributed by atoms with Crippen LogP contribution in [-0.2, 0) is 6.42 Å². The Labute approximate surface area is 90.3 Å². The summed E-state index contributed by atoms with van der Waals surface area (Å²) >= 11 is 0. The van der Waals surface area contributed by atoms with Gasteiger partial charge >= 0.3 is 0 Å². The first-order chi connectivity index (χ1) is 7.25. The van der Waals surface area contributed by atoms with Crippen LogP contribution in [0.2, 0.25) is 0 Å². The highest BCUT2D eigenvalue weighted by atomic mass is 15.1. The van der Waals surface area contributed by atoms with E-state index < -0.39 is 0 Å². The van der Waals surface area contributed by atoms with E-state index in [1.807, 2.05) is 6.92 Å². The summed E-state index contributed by atoms with van der Waals surface area (Å²) in [6.45, 7) is 1.96. The minimum atomic E-state index is 0.102. The molecule has 1 fully saturated rings. The predicted octanol–water partition coefficient (Wildman–Crippen LogP) is 1.42. The molecule has 0 bridgehead atoms. The number of nitrogens with two attached hydrogens (primary N) is 1. The molecule has 4 nitrogen and oxygen atoms in total. The van der Waals surface area contributed by atoms with Crippen LogP contribution in [-0.4, -0.2) is 21.2 Å². The highest BCUT2D eigenvalue weighted by Crippen LogP contribution is 2.32. The maximum absolute atomic E-state index is 5.72. The molecule has 1 heterocycles. The zero-order valence-electron chi connectivity index (χ0n) is 9.19. The molecule has 1 aliphatic carbocycles. The molecule has 4 heteroatoms. The molecule has 1 aliphatic rings. The van der Waals surface area contributed by atoms with Crippen LogP contribution in [0.15, 0.2) is 6.20 Å². The van der Waals surface area contributed by atoms with Gasteiger partial charge in [0.25, 0.3) is 0 Å². The van der Waals surface area contributed by atoms with Crippen molar-refractivity contribution in [3.8, 4) is 0 Å². The van der Waals surface area contributed by atoms with Crippen molar-refractivity contribution in [2.75, 3.05) is 0 Å². The fraction of sp³-hybridized carbons (Fsp3) is 0.727. The first kappa shape index (κ1) is 10.5. The van der Waals surface area contributed by atoms with Gasteiger partial charge in [-0.1, -0.05) is 12.8 Å². The van der Waals surface area contributed by atoms with E-state index in [-0.39, 0.29) is 6.04 Å². The van der Waals surface area contributed by atoms with E-state index in [1.54, 1.807) is 6.20 Å². The first-order valence-electron chi connectivity index (χ1n) is 5.70. The average Bonchev–Trinajstić information content (AvgIpc) is 2.69. The summed E-state index contributed by atoms with van der Waals surface area (Å²) in [7, 11) is 0. The molecule has 1 unspecified atom stereocenters. The Morgan fingerprint density at radius 2 is 2.20 bits per heavy atom. The topological polar surface area (TPSA) is 64.7 Å². The fourth-order valence-corrected chi connectivity index (χ4v) is 2.15. The molecule has 1 saturated carbocycles. The SMILES string of the molecule is CC(N)Cc1nncc(C2CCCC2)n1. The lowest BCUT2D eigenvalue weighted by Gasteiger charge is -2.09. The summed E-state index contributed by atoms with van der Waals surface area (Å²) in [5.74, 6) is 1.39. The molecule has 1 aromatic rings. The zero-order valence-corrected chi connectivity index (χ0v) is 9.19. The summed E-state index contributed by atoms with van der Waals surface area (Å²) in [6, 6.07) is 0.102. The van der Waals surface area contributed by atoms with Gasteiger partial charge in [0.15, 0.2) is 5.82 Å². The Bertz CT molecular complexity index is 318. The molecule has 82 valence electrons. The van der Waals surface area contributed by atoms with Crippen molar-refractivity contribution in [1.82, 2.24) is 15.2 Å². The predicted molar refractivity (Wildman–Crippen MR) is 58.4 cm³/mol. The van der Waals surface area contributed by atoms with Crippen LogP contribution in [0.25, 0.3) is 0 Å². The summed E-state index contributed by atoms with van der Waals surface area (Å²) < 4.78 is 0. The molecular formula is C11H18N4. The molecular weight excluding hydrogens is 188 g/mol. The number of nitrogens with zero attached hydrogens (tertiary/aromatic N) is 3. The second kappa shape index (κ2) is 4.66. The molecule has 2 rings (SSSR count). The van der Waals surface area contributed by atoms with Crippen molar-refractivity contribution < 1.29 is 0 Å². The average molecular weight is 206 g/mol. The van der Waals surface area contributed by atoms with Gasteiger partial charge in [0.1, 0.15) is 0 Å². The Kier molecular flexibility index (Phi) is 3.26. The van der Waals surface area contributed by atoms with Crippen LogP contribution < -0.4 is 5.73 Å². The molecule has 0 saturated heterocycles. The Hall–Kier alpha value is -1.03. The van der Waals surface area contributed by atoms with E-state index >= 15 is 0 Å². The third-order valence-electron chi connectivity index (χ3n) is 2.90. The van der Waals surface area contributed by atoms with E-state index in [0.717, 1.165) is 11.5 Å². The van der Waals surface area contributed by atoms with Crippen molar-refractivity contribution in [2.24, 2.45) is 5.73 Å². The van der Waals surface area contributed by atoms with Gasteiger partial charge in [0.05, 0.1) is 11.9 Å². The summed E-state index contributed by atoms with van der Waals surface area (Å²) in [4.78, 5) is 4.54. The normalized spacial score (nSPS) is 19.3. The smallest absolute Gasteiger partial charge is 0.152 e. The minimum Gasteiger partial charge on any atom is -0.328 e. The van der Waals surface area contributed by atoms with E-state index in [2.05, 4.69) is 15.2 Å². The molecule has 0 radical (unpaired) electrons. The number of hydrogen-bond acceptors (Lipinski definition) is 4. The zero-order chi connectivity index (χ0) is 10.7. The highest BCUT2D eigenvalue weighted by Gasteiger charge is 2.19. The number of hydrogen-bond donors (Lipinski definition) is 1. The van der Waals surface area contributed by atoms with Crippen molar-refractivity contribution in [1.29, 1.82) is 0 Å². The second-order valence-electron chi connectivity index (χ2n) is 4.46. The molecule has 15 heavy (non-hydrogen) atoms. The van der Waals surface area contributed by atoms with Crippen molar-refractivity contribution in [2.45, 2.75) is 51.0 Å². The second-order valence-corrected chi connectivity index (χ2v) is 4.46. The van der Waals surface area contributed by atoms with Gasteiger partial charge in [-0.15, -0.1) is 5.10 Å². The highest BCUT2D eigenvalue weighted by molar-refractivity contribution is 5.06. The van der Waals surface area contributed by atoms with Gasteiger partial charge in [0.2, 0.25) is 0 Å². The lowest BCUT2D eigenvalue weighted by atomic mass is 10.1. The lowest BCUT2D eigenvalue weighted by molar-refractivity contribution is 0.638. The molecule has 0 aromatic carbocycles. The Morgan fingerprint density at radius 3 is 2.87 bits per heavy atom. The summed E-state index contributed by atoms with van der Waals surface area (Å²) in [5, 5.41) is 8.02. The van der Waals surface area contributed by atoms with Gasteiger partial charge in [-0.05, 0) is 19.8 Å². The summed E-state index contributed by atoms with van der Waals surface area (Å²) in [6.07, 6.45) is 7.65. The third-order valence-corrected chi connectivity index (χ3v) is 2.90. The Morgan fingerprint density at radius 1 is 1.47 bits per heavy atom. The van der Waals surface area contributed by atoms with Crippen LogP contribution in [0.5, 0.6) is 0 Å². The van der Waals surface area contributed by atoms with E-state index in [1.165, 1.54) is 25.7 Å². The largest absolute Gasteiger partial charge is 0.328 e. The molecule has 0 aliphatic heterocycles. The molecule has 0 spiro atoms. The standard InChI is InChI=1S/C11H18N4/c1-8(12)6-11-14-10(7-13-15-11)9-4-2-3-5-9/h7-9H,2-6,12H2,1H3. The van der Waals surface area contributed by atoms with E-state index in [0.29, 0.717) is 12.3 Å². The van der Waals surface area contributed by atoms with Crippen molar-refractivity contribution >= 4 is 0 Å². The van der Waals surface area contributed by atoms with Crippen LogP contribution in [0.4, 0.5) is 0 Å². The number of rotatable bonds is 3. The van der Waals surface area contributed by atoms with Gasteiger partial charge in [-0.3, -0.25) is 0 Å². The third kappa shape index (κ3) is 2.72. The fourth-order valence-electron chi connectivity index (χ4n) is 2.15. The van der Waals surface area contributed by atoms with Gasteiger partial charge < -0.3 is 5.73 Å². The van der Waals surface area contributed by atoms with Crippen molar-refractivity contribution in [3.63, 3.8) is 0 Å². The van der Waals surface area contributed by atoms with Crippen LogP contribution >= 0.6 is 0 Å². The van der Waals surface area contributed by atoms with Gasteiger partial charge in [-0.25, -0.2) is 4.98 Å². The Balaban J connectivity index is 2.11. The van der Waals surface area contributed by atoms with Crippen LogP contribution in [0.1, 0.15) is 50.0 Å². The van der Waals surface area contributed by atoms with Gasteiger partial charge in [-0.2, -0.15) is 5.10 Å². The quantitative estimate of drug-likeness (QED) is 0.812. The molecule has 2 N–H and O–H groups in total. The monoisotopic (exact) mass is 206 g/mol. The van der Waals surface area contributed by atoms with Gasteiger partial charge in [0, 0.05) is 18.4 Å². The molecule has 1 aromatic heterocycles. The maximum atomic E-state index is 5.72. The van der Waals surface area contributed by atoms with E-state index in [4.69, 9.17) is 5.73 Å². The van der Waals surface area contributed by atoms with Crippen molar-refractivity contribution in [3.05, 3.63) is 17.7 Å². The van der Waals surface area contributed by atoms with E-state index in [9.17, 15) is 0 Å². The summed E-state index contributed by atoms with van der Waals surface area (Å²) in [5.41, 5.74) is 6.83. The van der Waals surface area contributed by atoms with Crippen LogP contribution in [0, 0.1) is 0 Å². The minimum absolute atomic E-state index is 0.102. The molecule has 1 atom stereocenters. The molecule has 0 amide bonds.